The van der Waals surface area contributed by atoms with Gasteiger partial charge in [0, 0.05) is 37.3 Å². The second kappa shape index (κ2) is 5.99. The summed E-state index contributed by atoms with van der Waals surface area (Å²) in [5.74, 6) is 1.74. The van der Waals surface area contributed by atoms with Crippen LogP contribution in [0.4, 0.5) is 5.95 Å². The van der Waals surface area contributed by atoms with Gasteiger partial charge in [-0.2, -0.15) is 0 Å². The number of fused-ring (bicyclic) bond motifs is 2. The van der Waals surface area contributed by atoms with Gasteiger partial charge in [0.25, 0.3) is 0 Å². The summed E-state index contributed by atoms with van der Waals surface area (Å²) < 4.78 is 5.89. The number of nitrogens with one attached hydrogen (secondary N) is 1. The van der Waals surface area contributed by atoms with E-state index in [0.717, 1.165) is 48.3 Å². The number of aryl methyl sites for hydroxylation is 1. The molecule has 1 saturated heterocycles. The fourth-order valence-corrected chi connectivity index (χ4v) is 3.88. The van der Waals surface area contributed by atoms with Crippen LogP contribution in [0.2, 0.25) is 0 Å². The van der Waals surface area contributed by atoms with Gasteiger partial charge in [-0.15, -0.1) is 0 Å². The number of anilines is 1. The van der Waals surface area contributed by atoms with Gasteiger partial charge in [-0.3, -0.25) is 4.79 Å². The van der Waals surface area contributed by atoms with Crippen LogP contribution in [-0.2, 0) is 21.6 Å². The van der Waals surface area contributed by atoms with Gasteiger partial charge in [-0.25, -0.2) is 9.97 Å². The average molecular weight is 330 g/mol. The fourth-order valence-electron chi connectivity index (χ4n) is 3.88. The smallest absolute Gasteiger partial charge is 0.223 e. The molecule has 1 spiro atoms. The molecule has 3 heterocycles. The Labute approximate surface area is 143 Å². The van der Waals surface area contributed by atoms with E-state index in [1.807, 2.05) is 18.7 Å². The van der Waals surface area contributed by atoms with Gasteiger partial charge < -0.3 is 15.0 Å². The summed E-state index contributed by atoms with van der Waals surface area (Å²) in [6.07, 6.45) is 4.09. The van der Waals surface area contributed by atoms with Crippen molar-refractivity contribution in [3.8, 4) is 0 Å². The molecule has 4 rings (SSSR count). The lowest BCUT2D eigenvalue weighted by atomic mass is 9.80. The van der Waals surface area contributed by atoms with E-state index in [1.165, 1.54) is 12.8 Å². The first-order chi connectivity index (χ1) is 11.6. The normalized spacial score (nSPS) is 25.8. The van der Waals surface area contributed by atoms with Crippen molar-refractivity contribution in [2.24, 2.45) is 5.92 Å². The summed E-state index contributed by atoms with van der Waals surface area (Å²) in [6, 6.07) is 0. The van der Waals surface area contributed by atoms with E-state index in [-0.39, 0.29) is 11.3 Å². The van der Waals surface area contributed by atoms with Crippen LogP contribution in [-0.4, -0.2) is 47.0 Å². The number of nitrogens with zero attached hydrogens (tertiary/aromatic N) is 3. The van der Waals surface area contributed by atoms with Crippen LogP contribution < -0.4 is 5.32 Å². The Bertz CT molecular complexity index is 659. The molecule has 0 bridgehead atoms. The number of ether oxygens (including phenoxy) is 1. The van der Waals surface area contributed by atoms with Gasteiger partial charge in [0.15, 0.2) is 0 Å². The van der Waals surface area contributed by atoms with E-state index in [0.29, 0.717) is 26.2 Å². The van der Waals surface area contributed by atoms with Crippen LogP contribution in [0.25, 0.3) is 0 Å². The van der Waals surface area contributed by atoms with Crippen LogP contribution in [0.15, 0.2) is 0 Å². The van der Waals surface area contributed by atoms with Gasteiger partial charge >= 0.3 is 0 Å². The summed E-state index contributed by atoms with van der Waals surface area (Å²) in [5, 5.41) is 3.41. The first-order valence-electron chi connectivity index (χ1n) is 9.09. The van der Waals surface area contributed by atoms with Crippen molar-refractivity contribution in [2.75, 3.05) is 31.6 Å². The molecule has 0 aromatic carbocycles. The monoisotopic (exact) mass is 330 g/mol. The molecule has 3 aliphatic rings. The highest BCUT2D eigenvalue weighted by Gasteiger charge is 2.46. The first kappa shape index (κ1) is 15.8. The van der Waals surface area contributed by atoms with Gasteiger partial charge in [0.1, 0.15) is 0 Å². The third-order valence-corrected chi connectivity index (χ3v) is 5.60. The van der Waals surface area contributed by atoms with E-state index in [2.05, 4.69) is 10.3 Å². The van der Waals surface area contributed by atoms with Crippen LogP contribution in [0.5, 0.6) is 0 Å². The van der Waals surface area contributed by atoms with E-state index >= 15 is 0 Å². The Morgan fingerprint density at radius 3 is 3.00 bits per heavy atom. The van der Waals surface area contributed by atoms with Crippen LogP contribution in [0.3, 0.4) is 0 Å². The molecule has 1 aliphatic carbocycles. The quantitative estimate of drug-likeness (QED) is 0.915. The maximum absolute atomic E-state index is 12.1. The molecule has 1 N–H and O–H groups in total. The van der Waals surface area contributed by atoms with Crippen molar-refractivity contribution in [1.29, 1.82) is 0 Å². The number of amides is 1. The number of hydrogen-bond acceptors (Lipinski definition) is 5. The highest BCUT2D eigenvalue weighted by molar-refractivity contribution is 5.76. The highest BCUT2D eigenvalue weighted by Crippen LogP contribution is 2.40. The second-order valence-electron chi connectivity index (χ2n) is 7.48. The highest BCUT2D eigenvalue weighted by atomic mass is 16.5. The molecule has 1 saturated carbocycles. The van der Waals surface area contributed by atoms with E-state index in [4.69, 9.17) is 9.72 Å². The molecular weight excluding hydrogens is 304 g/mol. The second-order valence-corrected chi connectivity index (χ2v) is 7.48. The fraction of sp³-hybridized carbons (Fsp3) is 0.722. The molecule has 1 amide bonds. The van der Waals surface area contributed by atoms with Crippen molar-refractivity contribution < 1.29 is 9.53 Å². The van der Waals surface area contributed by atoms with Gasteiger partial charge in [0.05, 0.1) is 24.3 Å². The number of carbonyl (C=O) groups is 1. The number of aromatic nitrogens is 2. The molecule has 2 aliphatic heterocycles. The van der Waals surface area contributed by atoms with Crippen molar-refractivity contribution in [2.45, 2.75) is 51.6 Å². The zero-order chi connectivity index (χ0) is 16.7. The molecule has 6 nitrogen and oxygen atoms in total. The van der Waals surface area contributed by atoms with Gasteiger partial charge in [-0.1, -0.05) is 6.92 Å². The van der Waals surface area contributed by atoms with E-state index < -0.39 is 0 Å². The molecule has 24 heavy (non-hydrogen) atoms. The standard InChI is InChI=1S/C18H26N4O2/c1-3-15(23)22-7-6-18(10-22)11-24-9-14-12(2)20-17(21-16(14)18)19-8-13-4-5-13/h13H,3-11H2,1-2H3,(H,19,20,21)/t18-/m1/s1. The van der Waals surface area contributed by atoms with Gasteiger partial charge in [0.2, 0.25) is 11.9 Å². The zero-order valence-electron chi connectivity index (χ0n) is 14.6. The molecular formula is C18H26N4O2. The number of likely N-dealkylation sites (tertiary alicyclic amines) is 1. The minimum Gasteiger partial charge on any atom is -0.376 e. The summed E-state index contributed by atoms with van der Waals surface area (Å²) in [4.78, 5) is 23.6. The molecule has 0 unspecified atom stereocenters. The van der Waals surface area contributed by atoms with E-state index in [9.17, 15) is 4.79 Å². The molecule has 130 valence electrons. The third kappa shape index (κ3) is 2.77. The number of rotatable bonds is 4. The first-order valence-corrected chi connectivity index (χ1v) is 9.09. The van der Waals surface area contributed by atoms with E-state index in [1.54, 1.807) is 0 Å². The third-order valence-electron chi connectivity index (χ3n) is 5.60. The minimum absolute atomic E-state index is 0.165. The Balaban J connectivity index is 1.64. The van der Waals surface area contributed by atoms with Crippen LogP contribution in [0, 0.1) is 12.8 Å². The molecule has 1 atom stereocenters. The Morgan fingerprint density at radius 1 is 1.42 bits per heavy atom. The topological polar surface area (TPSA) is 67.4 Å². The number of hydrogen-bond donors (Lipinski definition) is 1. The molecule has 6 heteroatoms. The maximum Gasteiger partial charge on any atom is 0.223 e. The lowest BCUT2D eigenvalue weighted by Crippen LogP contribution is -2.42. The van der Waals surface area contributed by atoms with Crippen molar-refractivity contribution in [3.05, 3.63) is 17.0 Å². The predicted molar refractivity (Wildman–Crippen MR) is 90.8 cm³/mol. The summed E-state index contributed by atoms with van der Waals surface area (Å²) in [5.41, 5.74) is 3.05. The minimum atomic E-state index is -0.165. The number of carbonyl (C=O) groups excluding carboxylic acids is 1. The Hall–Kier alpha value is -1.69. The molecule has 1 aromatic rings. The summed E-state index contributed by atoms with van der Waals surface area (Å²) in [6.45, 7) is 7.65. The summed E-state index contributed by atoms with van der Waals surface area (Å²) in [7, 11) is 0. The molecule has 2 fully saturated rings. The Kier molecular flexibility index (Phi) is 3.95. The molecule has 0 radical (unpaired) electrons. The molecule has 1 aromatic heterocycles. The van der Waals surface area contributed by atoms with Crippen LogP contribution >= 0.6 is 0 Å². The van der Waals surface area contributed by atoms with Gasteiger partial charge in [-0.05, 0) is 32.1 Å². The lowest BCUT2D eigenvalue weighted by Gasteiger charge is -2.35. The maximum atomic E-state index is 12.1. The Morgan fingerprint density at radius 2 is 2.25 bits per heavy atom. The predicted octanol–water partition coefficient (Wildman–Crippen LogP) is 2.02. The SMILES string of the molecule is CCC(=O)N1CC[C@]2(COCc3c(C)nc(NCC4CC4)nc32)C1. The summed E-state index contributed by atoms with van der Waals surface area (Å²) >= 11 is 0. The zero-order valence-corrected chi connectivity index (χ0v) is 14.6. The van der Waals surface area contributed by atoms with Crippen molar-refractivity contribution in [1.82, 2.24) is 14.9 Å². The average Bonchev–Trinajstić information content (AvgIpc) is 3.33. The van der Waals surface area contributed by atoms with Crippen molar-refractivity contribution in [3.63, 3.8) is 0 Å². The largest absolute Gasteiger partial charge is 0.376 e. The van der Waals surface area contributed by atoms with Crippen LogP contribution in [0.1, 0.15) is 49.6 Å². The lowest BCUT2D eigenvalue weighted by molar-refractivity contribution is -0.130. The van der Waals surface area contributed by atoms with Crippen molar-refractivity contribution >= 4 is 11.9 Å².